The van der Waals surface area contributed by atoms with Crippen LogP contribution in [0.3, 0.4) is 0 Å². The van der Waals surface area contributed by atoms with Gasteiger partial charge in [-0.15, -0.1) is 0 Å². The fraction of sp³-hybridized carbons (Fsp3) is 0.582. The SMILES string of the molecule is CC/C=C\C/C=C\C/C=C\C/C=C\C/C=C\C/C=C\CCC(=O)OC(COCC/C=C\C/C=C\C/C=C\C/C=C\C/C=C\CC)COC1OC(COC2OC(CO)C(O)C(O)C2O)C(O)C(O)C1O. The van der Waals surface area contributed by atoms with Gasteiger partial charge in [-0.05, 0) is 83.5 Å². The molecule has 2 aliphatic heterocycles. The summed E-state index contributed by atoms with van der Waals surface area (Å²) in [6.45, 7) is 3.08. The van der Waals surface area contributed by atoms with Gasteiger partial charge in [-0.2, -0.15) is 0 Å². The lowest BCUT2D eigenvalue weighted by Gasteiger charge is -2.42. The van der Waals surface area contributed by atoms with Crippen LogP contribution in [0.2, 0.25) is 0 Å². The van der Waals surface area contributed by atoms with Gasteiger partial charge in [-0.3, -0.25) is 4.79 Å². The van der Waals surface area contributed by atoms with Gasteiger partial charge in [0.15, 0.2) is 12.6 Å². The van der Waals surface area contributed by atoms with Crippen molar-refractivity contribution in [3.05, 3.63) is 134 Å². The van der Waals surface area contributed by atoms with Crippen molar-refractivity contribution < 1.29 is 69.0 Å². The molecule has 0 aromatic rings. The highest BCUT2D eigenvalue weighted by Gasteiger charge is 2.47. The first-order valence-electron chi connectivity index (χ1n) is 24.8. The van der Waals surface area contributed by atoms with Crippen molar-refractivity contribution in [3.63, 3.8) is 0 Å². The number of ether oxygens (including phenoxy) is 6. The Bertz CT molecular complexity index is 1640. The Morgan fingerprint density at radius 3 is 1.28 bits per heavy atom. The topological polar surface area (TPSA) is 214 Å². The molecule has 2 aliphatic rings. The molecule has 2 rings (SSSR count). The molecule has 2 saturated heterocycles. The van der Waals surface area contributed by atoms with E-state index in [1.165, 1.54) is 0 Å². The summed E-state index contributed by atoms with van der Waals surface area (Å²) in [5.74, 6) is -0.490. The number of rotatable bonds is 36. The first-order valence-corrected chi connectivity index (χ1v) is 24.8. The Morgan fingerprint density at radius 2 is 0.841 bits per heavy atom. The lowest BCUT2D eigenvalue weighted by atomic mass is 9.98. The first kappa shape index (κ1) is 61.3. The number of carbonyl (C=O) groups is 1. The van der Waals surface area contributed by atoms with Gasteiger partial charge in [0, 0.05) is 6.42 Å². The Balaban J connectivity index is 1.86. The molecule has 0 saturated carbocycles. The van der Waals surface area contributed by atoms with E-state index in [1.807, 2.05) is 24.3 Å². The van der Waals surface area contributed by atoms with Gasteiger partial charge in [-0.1, -0.05) is 148 Å². The highest BCUT2D eigenvalue weighted by atomic mass is 16.7. The monoisotopic (exact) mass is 969 g/mol. The molecule has 0 amide bonds. The average molecular weight is 969 g/mol. The van der Waals surface area contributed by atoms with Gasteiger partial charge >= 0.3 is 5.97 Å². The minimum atomic E-state index is -1.74. The molecule has 69 heavy (non-hydrogen) atoms. The molecule has 0 aromatic heterocycles. The normalized spacial score (nSPS) is 26.9. The molecule has 11 unspecified atom stereocenters. The van der Waals surface area contributed by atoms with Crippen molar-refractivity contribution >= 4 is 5.97 Å². The maximum atomic E-state index is 13.0. The van der Waals surface area contributed by atoms with Crippen LogP contribution in [-0.2, 0) is 33.2 Å². The smallest absolute Gasteiger partial charge is 0.306 e. The Labute approximate surface area is 411 Å². The van der Waals surface area contributed by atoms with E-state index in [0.717, 1.165) is 70.6 Å². The van der Waals surface area contributed by atoms with Crippen molar-refractivity contribution in [3.8, 4) is 0 Å². The van der Waals surface area contributed by atoms with E-state index in [4.69, 9.17) is 28.4 Å². The Kier molecular flexibility index (Phi) is 36.2. The zero-order valence-corrected chi connectivity index (χ0v) is 41.0. The number of esters is 1. The summed E-state index contributed by atoms with van der Waals surface area (Å²) in [6.07, 6.45) is 41.2. The van der Waals surface area contributed by atoms with Gasteiger partial charge in [0.05, 0.1) is 33.0 Å². The second kappa shape index (κ2) is 40.8. The van der Waals surface area contributed by atoms with E-state index in [9.17, 15) is 40.5 Å². The largest absolute Gasteiger partial charge is 0.457 e. The maximum absolute atomic E-state index is 13.0. The zero-order chi connectivity index (χ0) is 50.2. The molecule has 0 radical (unpaired) electrons. The molecule has 0 spiro atoms. The molecule has 388 valence electrons. The molecule has 7 N–H and O–H groups in total. The second-order valence-corrected chi connectivity index (χ2v) is 16.5. The number of hydrogen-bond acceptors (Lipinski definition) is 14. The van der Waals surface area contributed by atoms with Crippen LogP contribution in [0.25, 0.3) is 0 Å². The minimum Gasteiger partial charge on any atom is -0.457 e. The number of aliphatic hydroxyl groups is 7. The van der Waals surface area contributed by atoms with E-state index >= 15 is 0 Å². The van der Waals surface area contributed by atoms with Crippen LogP contribution in [0.4, 0.5) is 0 Å². The van der Waals surface area contributed by atoms with Gasteiger partial charge in [0.1, 0.15) is 54.9 Å². The summed E-state index contributed by atoms with van der Waals surface area (Å²) < 4.78 is 34.0. The third-order valence-corrected chi connectivity index (χ3v) is 10.7. The predicted octanol–water partition coefficient (Wildman–Crippen LogP) is 7.17. The molecular formula is C55H84O14. The fourth-order valence-electron chi connectivity index (χ4n) is 6.73. The maximum Gasteiger partial charge on any atom is 0.306 e. The van der Waals surface area contributed by atoms with Gasteiger partial charge in [0.2, 0.25) is 0 Å². The quantitative estimate of drug-likeness (QED) is 0.0188. The summed E-state index contributed by atoms with van der Waals surface area (Å²) >= 11 is 0. The van der Waals surface area contributed by atoms with Crippen LogP contribution < -0.4 is 0 Å². The van der Waals surface area contributed by atoms with Crippen LogP contribution in [0.1, 0.15) is 104 Å². The van der Waals surface area contributed by atoms with Crippen molar-refractivity contribution in [2.75, 3.05) is 33.0 Å². The van der Waals surface area contributed by atoms with E-state index in [-0.39, 0.29) is 19.6 Å². The Morgan fingerprint density at radius 1 is 0.464 bits per heavy atom. The number of carbonyl (C=O) groups excluding carboxylic acids is 1. The van der Waals surface area contributed by atoms with E-state index in [0.29, 0.717) is 19.4 Å². The van der Waals surface area contributed by atoms with Crippen molar-refractivity contribution in [2.24, 2.45) is 0 Å². The van der Waals surface area contributed by atoms with Gasteiger partial charge in [-0.25, -0.2) is 0 Å². The van der Waals surface area contributed by atoms with E-state index < -0.39 is 86.7 Å². The second-order valence-electron chi connectivity index (χ2n) is 16.5. The lowest BCUT2D eigenvalue weighted by molar-refractivity contribution is -0.332. The molecule has 2 heterocycles. The zero-order valence-electron chi connectivity index (χ0n) is 41.0. The lowest BCUT2D eigenvalue weighted by Crippen LogP contribution is -2.61. The summed E-state index contributed by atoms with van der Waals surface area (Å²) in [5.41, 5.74) is 0. The molecule has 0 bridgehead atoms. The number of hydrogen-bond donors (Lipinski definition) is 7. The molecule has 0 aliphatic carbocycles. The standard InChI is InChI=1S/C55H84O14/c1-3-5-7-9-11-13-15-17-19-21-22-23-24-26-28-30-32-34-36-38-47(57)67-44(41-64-39-37-35-33-31-29-27-25-20-18-16-14-12-10-8-6-4-2)42-65-54-53(63)51(61)49(59)46(69-54)43-66-55-52(62)50(60)48(58)45(40-56)68-55/h5-8,11-14,17-20,22-23,26-29,32-35,44-46,48-56,58-63H,3-4,9-10,15-16,21,24-25,30-31,36-43H2,1-2H3/b7-5-,8-6-,13-11-,14-12-,19-17-,20-18-,23-22-,28-26-,29-27-,34-32-,35-33-. The number of aliphatic hydroxyl groups excluding tert-OH is 7. The average Bonchev–Trinajstić information content (AvgIpc) is 3.35. The molecule has 14 heteroatoms. The Hall–Kier alpha value is -3.87. The fourth-order valence-corrected chi connectivity index (χ4v) is 6.73. The van der Waals surface area contributed by atoms with Crippen LogP contribution in [0.15, 0.2) is 134 Å². The number of allylic oxidation sites excluding steroid dienone is 21. The predicted molar refractivity (Wildman–Crippen MR) is 270 cm³/mol. The molecular weight excluding hydrogens is 885 g/mol. The van der Waals surface area contributed by atoms with Crippen LogP contribution in [0.5, 0.6) is 0 Å². The van der Waals surface area contributed by atoms with Gasteiger partial charge < -0.3 is 64.2 Å². The molecule has 0 aromatic carbocycles. The van der Waals surface area contributed by atoms with Crippen LogP contribution >= 0.6 is 0 Å². The molecule has 11 atom stereocenters. The van der Waals surface area contributed by atoms with E-state index in [1.54, 1.807) is 0 Å². The first-order chi connectivity index (χ1) is 33.6. The summed E-state index contributed by atoms with van der Waals surface area (Å²) in [6, 6.07) is 0. The van der Waals surface area contributed by atoms with Crippen molar-refractivity contribution in [1.82, 2.24) is 0 Å². The highest BCUT2D eigenvalue weighted by molar-refractivity contribution is 5.69. The molecule has 2 fully saturated rings. The van der Waals surface area contributed by atoms with Crippen LogP contribution in [-0.4, -0.2) is 142 Å². The summed E-state index contributed by atoms with van der Waals surface area (Å²) in [7, 11) is 0. The minimum absolute atomic E-state index is 0.0337. The highest BCUT2D eigenvalue weighted by Crippen LogP contribution is 2.26. The third-order valence-electron chi connectivity index (χ3n) is 10.7. The summed E-state index contributed by atoms with van der Waals surface area (Å²) in [4.78, 5) is 13.0. The summed E-state index contributed by atoms with van der Waals surface area (Å²) in [5, 5.41) is 72.1. The van der Waals surface area contributed by atoms with Crippen LogP contribution in [0, 0.1) is 0 Å². The van der Waals surface area contributed by atoms with Crippen molar-refractivity contribution in [1.29, 1.82) is 0 Å². The molecule has 14 nitrogen and oxygen atoms in total. The third kappa shape index (κ3) is 28.5. The van der Waals surface area contributed by atoms with Crippen molar-refractivity contribution in [2.45, 2.75) is 171 Å². The van der Waals surface area contributed by atoms with E-state index in [2.05, 4.69) is 123 Å². The van der Waals surface area contributed by atoms with Gasteiger partial charge in [0.25, 0.3) is 0 Å².